The van der Waals surface area contributed by atoms with Crippen LogP contribution in [-0.4, -0.2) is 82.5 Å². The van der Waals surface area contributed by atoms with Crippen LogP contribution in [0.2, 0.25) is 19.6 Å². The zero-order valence-electron chi connectivity index (χ0n) is 27.1. The summed E-state index contributed by atoms with van der Waals surface area (Å²) in [5.41, 5.74) is 7.91. The van der Waals surface area contributed by atoms with Gasteiger partial charge in [-0.05, 0) is 75.4 Å². The topological polar surface area (TPSA) is 108 Å². The number of nitrogens with one attached hydrogen (secondary N) is 1. The molecule has 0 bridgehead atoms. The molecule has 2 aromatic heterocycles. The van der Waals surface area contributed by atoms with Gasteiger partial charge in [0.25, 0.3) is 5.91 Å². The Morgan fingerprint density at radius 2 is 1.86 bits per heavy atom. The lowest BCUT2D eigenvalue weighted by Crippen LogP contribution is -2.48. The number of benzene rings is 1. The number of aromatic nitrogens is 2. The first-order valence-electron chi connectivity index (χ1n) is 15.3. The van der Waals surface area contributed by atoms with E-state index < -0.39 is 31.4 Å². The van der Waals surface area contributed by atoms with Gasteiger partial charge in [0, 0.05) is 43.0 Å². The summed E-state index contributed by atoms with van der Waals surface area (Å²) in [6, 6.07) is 5.96. The quantitative estimate of drug-likeness (QED) is 0.301. The number of carbonyl (C=O) groups excluding carboxylic acids is 2. The molecule has 4 heterocycles. The summed E-state index contributed by atoms with van der Waals surface area (Å²) in [5.74, 6) is 3.05. The van der Waals surface area contributed by atoms with Gasteiger partial charge in [-0.15, -0.1) is 5.54 Å². The highest BCUT2D eigenvalue weighted by molar-refractivity contribution is 6.83. The fourth-order valence-electron chi connectivity index (χ4n) is 5.64. The van der Waals surface area contributed by atoms with Crippen molar-refractivity contribution in [1.82, 2.24) is 19.8 Å². The first-order valence-corrected chi connectivity index (χ1v) is 18.8. The van der Waals surface area contributed by atoms with Gasteiger partial charge in [-0.2, -0.15) is 0 Å². The van der Waals surface area contributed by atoms with Gasteiger partial charge < -0.3 is 24.5 Å². The van der Waals surface area contributed by atoms with E-state index in [1.807, 2.05) is 33.2 Å². The van der Waals surface area contributed by atoms with Crippen LogP contribution in [0.4, 0.5) is 4.79 Å². The molecule has 2 amide bonds. The Kier molecular flexibility index (Phi) is 8.44. The van der Waals surface area contributed by atoms with E-state index in [1.165, 1.54) is 13.8 Å². The Morgan fingerprint density at radius 1 is 1.11 bits per heavy atom. The third-order valence-electron chi connectivity index (χ3n) is 7.74. The van der Waals surface area contributed by atoms with Crippen LogP contribution >= 0.6 is 0 Å². The molecule has 1 atom stereocenters. The van der Waals surface area contributed by atoms with Crippen LogP contribution in [0, 0.1) is 11.5 Å². The maximum atomic E-state index is 13.4. The maximum absolute atomic E-state index is 13.4. The molecule has 2 N–H and O–H groups in total. The second-order valence-electron chi connectivity index (χ2n) is 14.3. The lowest BCUT2D eigenvalue weighted by Gasteiger charge is -2.40. The molecule has 2 aliphatic rings. The van der Waals surface area contributed by atoms with Crippen molar-refractivity contribution in [2.45, 2.75) is 84.5 Å². The maximum Gasteiger partial charge on any atom is 0.410 e. The Hall–Kier alpha value is -3.65. The van der Waals surface area contributed by atoms with Gasteiger partial charge in [0.05, 0.1) is 24.8 Å². The molecule has 0 radical (unpaired) electrons. The van der Waals surface area contributed by atoms with Gasteiger partial charge in [0.2, 0.25) is 0 Å². The van der Waals surface area contributed by atoms with Crippen LogP contribution in [0.5, 0.6) is 0 Å². The van der Waals surface area contributed by atoms with Gasteiger partial charge in [-0.25, -0.2) is 9.78 Å². The summed E-state index contributed by atoms with van der Waals surface area (Å²) in [5, 5.41) is 11.5. The number of amides is 2. The van der Waals surface area contributed by atoms with Gasteiger partial charge >= 0.3 is 6.09 Å². The minimum atomic E-state index is -1.57. The monoisotopic (exact) mass is 616 g/mol. The zero-order chi connectivity index (χ0) is 32.0. The molecule has 1 aromatic carbocycles. The number of ether oxygens (including phenoxy) is 2. The van der Waals surface area contributed by atoms with Crippen molar-refractivity contribution in [3.8, 4) is 22.6 Å². The Morgan fingerprint density at radius 3 is 2.55 bits per heavy atom. The molecule has 10 heteroatoms. The first kappa shape index (κ1) is 31.8. The largest absolute Gasteiger partial charge is 0.444 e. The van der Waals surface area contributed by atoms with Crippen LogP contribution in [0.15, 0.2) is 30.6 Å². The second kappa shape index (κ2) is 11.7. The van der Waals surface area contributed by atoms with Crippen molar-refractivity contribution >= 4 is 31.1 Å². The van der Waals surface area contributed by atoms with Crippen LogP contribution < -0.4 is 0 Å². The molecule has 2 aliphatic heterocycles. The molecule has 234 valence electrons. The molecule has 5 rings (SSSR count). The fourth-order valence-corrected chi connectivity index (χ4v) is 6.15. The molecule has 44 heavy (non-hydrogen) atoms. The summed E-state index contributed by atoms with van der Waals surface area (Å²) in [6.45, 7) is 17.2. The minimum Gasteiger partial charge on any atom is -0.444 e. The van der Waals surface area contributed by atoms with E-state index in [9.17, 15) is 14.7 Å². The average molecular weight is 617 g/mol. The van der Waals surface area contributed by atoms with Crippen LogP contribution in [0.25, 0.3) is 22.2 Å². The van der Waals surface area contributed by atoms with Crippen molar-refractivity contribution < 1.29 is 24.2 Å². The van der Waals surface area contributed by atoms with Crippen molar-refractivity contribution in [3.63, 3.8) is 0 Å². The van der Waals surface area contributed by atoms with E-state index >= 15 is 0 Å². The molecule has 0 saturated carbocycles. The predicted molar refractivity (Wildman–Crippen MR) is 174 cm³/mol. The molecule has 0 spiro atoms. The number of carbonyl (C=O) groups is 2. The number of rotatable bonds is 3. The number of morpholine rings is 1. The standard InChI is InChI=1S/C34H44N4O5Si/c1-33(2,3)43-32(40)38-12-13-42-21-29(38)27-16-24(15-22-9-11-37(20-28(22)27)31(39)34(4,5)41)25-17-26-23(10-14-44(6,7)8)18-35-30(26)36-19-25/h15-19,29,41H,9,11-13,20-21H2,1-8H3,(H,35,36)/t29-/m0/s1. The number of aromatic amines is 1. The van der Waals surface area contributed by atoms with Gasteiger partial charge in [-0.3, -0.25) is 9.69 Å². The van der Waals surface area contributed by atoms with Crippen LogP contribution in [0.3, 0.4) is 0 Å². The van der Waals surface area contributed by atoms with Crippen LogP contribution in [0.1, 0.15) is 62.9 Å². The lowest BCUT2D eigenvalue weighted by molar-refractivity contribution is -0.148. The van der Waals surface area contributed by atoms with Crippen molar-refractivity contribution in [1.29, 1.82) is 0 Å². The highest BCUT2D eigenvalue weighted by atomic mass is 28.3. The Labute approximate surface area is 260 Å². The molecule has 1 fully saturated rings. The summed E-state index contributed by atoms with van der Waals surface area (Å²) in [4.78, 5) is 38.0. The second-order valence-corrected chi connectivity index (χ2v) is 19.1. The lowest BCUT2D eigenvalue weighted by atomic mass is 9.86. The molecule has 0 aliphatic carbocycles. The number of hydrogen-bond donors (Lipinski definition) is 2. The fraction of sp³-hybridized carbons (Fsp3) is 0.500. The van der Waals surface area contributed by atoms with E-state index in [1.54, 1.807) is 9.80 Å². The first-order chi connectivity index (χ1) is 20.5. The number of fused-ring (bicyclic) bond motifs is 2. The zero-order valence-corrected chi connectivity index (χ0v) is 28.1. The number of aliphatic hydroxyl groups is 1. The molecular weight excluding hydrogens is 572 g/mol. The molecule has 9 nitrogen and oxygen atoms in total. The van der Waals surface area contributed by atoms with Gasteiger partial charge in [0.15, 0.2) is 0 Å². The predicted octanol–water partition coefficient (Wildman–Crippen LogP) is 5.42. The highest BCUT2D eigenvalue weighted by Crippen LogP contribution is 2.37. The van der Waals surface area contributed by atoms with Gasteiger partial charge in [-0.1, -0.05) is 31.6 Å². The summed E-state index contributed by atoms with van der Waals surface area (Å²) in [6.07, 6.45) is 3.99. The third kappa shape index (κ3) is 7.01. The van der Waals surface area contributed by atoms with Crippen molar-refractivity contribution in [2.75, 3.05) is 26.3 Å². The third-order valence-corrected chi connectivity index (χ3v) is 8.61. The SMILES string of the molecule is CC(C)(C)OC(=O)N1CCOC[C@H]1c1cc(-c2cnc3[nH]cc(C#C[Si](C)(C)C)c3c2)cc2c1CN(C(=O)C(C)(C)O)CC2. The molecular formula is C34H44N4O5Si. The summed E-state index contributed by atoms with van der Waals surface area (Å²) >= 11 is 0. The van der Waals surface area contributed by atoms with E-state index in [4.69, 9.17) is 14.5 Å². The number of H-pyrrole nitrogens is 1. The average Bonchev–Trinajstić information content (AvgIpc) is 3.35. The Bertz CT molecular complexity index is 1650. The van der Waals surface area contributed by atoms with Gasteiger partial charge in [0.1, 0.15) is 24.9 Å². The van der Waals surface area contributed by atoms with Crippen LogP contribution in [-0.2, 0) is 27.2 Å². The summed E-state index contributed by atoms with van der Waals surface area (Å²) < 4.78 is 11.7. The normalized spacial score (nSPS) is 17.6. The molecule has 0 unspecified atom stereocenters. The molecule has 1 saturated heterocycles. The highest BCUT2D eigenvalue weighted by Gasteiger charge is 2.37. The van der Waals surface area contributed by atoms with Crippen molar-refractivity contribution in [2.24, 2.45) is 0 Å². The number of pyridine rings is 1. The van der Waals surface area contributed by atoms with Crippen molar-refractivity contribution in [3.05, 3.63) is 52.8 Å². The van der Waals surface area contributed by atoms with E-state index in [0.717, 1.165) is 44.4 Å². The molecule has 3 aromatic rings. The number of nitrogens with zero attached hydrogens (tertiary/aromatic N) is 3. The smallest absolute Gasteiger partial charge is 0.410 e. The number of hydrogen-bond acceptors (Lipinski definition) is 6. The minimum absolute atomic E-state index is 0.306. The Balaban J connectivity index is 1.63. The van der Waals surface area contributed by atoms with E-state index in [-0.39, 0.29) is 5.91 Å². The van der Waals surface area contributed by atoms with E-state index in [0.29, 0.717) is 39.3 Å². The van der Waals surface area contributed by atoms with E-state index in [2.05, 4.69) is 54.3 Å². The summed E-state index contributed by atoms with van der Waals surface area (Å²) in [7, 11) is -1.57.